The van der Waals surface area contributed by atoms with Gasteiger partial charge in [-0.15, -0.1) is 11.8 Å². The average Bonchev–Trinajstić information content (AvgIpc) is 2.72. The fourth-order valence-corrected chi connectivity index (χ4v) is 4.19. The van der Waals surface area contributed by atoms with E-state index in [1.807, 2.05) is 18.4 Å². The summed E-state index contributed by atoms with van der Waals surface area (Å²) in [7, 11) is -3.91. The van der Waals surface area contributed by atoms with Crippen LogP contribution in [0.4, 0.5) is 0 Å². The first-order chi connectivity index (χ1) is 13.4. The van der Waals surface area contributed by atoms with Gasteiger partial charge in [-0.2, -0.15) is 0 Å². The highest BCUT2D eigenvalue weighted by Crippen LogP contribution is 2.23. The summed E-state index contributed by atoms with van der Waals surface area (Å²) in [5, 5.41) is 20.1. The first-order valence-electron chi connectivity index (χ1n) is 9.09. The Labute approximate surface area is 171 Å². The van der Waals surface area contributed by atoms with Crippen molar-refractivity contribution in [2.45, 2.75) is 41.7 Å². The molecular formula is C20H27NO5S2. The summed E-state index contributed by atoms with van der Waals surface area (Å²) < 4.78 is 33.2. The lowest BCUT2D eigenvalue weighted by Crippen LogP contribution is -2.41. The minimum Gasteiger partial charge on any atom is -0.494 e. The standard InChI is InChI=1S/C20H27NO5S2/c1-3-4-13-26-16-7-11-18(12-8-16)28(24,25)21-19(14-22)20(23)15-5-9-17(27-2)10-6-15/h5-12,19-23H,3-4,13-14H2,1-2H3. The maximum Gasteiger partial charge on any atom is 0.241 e. The molecule has 2 aromatic carbocycles. The Kier molecular flexibility index (Phi) is 8.78. The zero-order valence-electron chi connectivity index (χ0n) is 16.0. The van der Waals surface area contributed by atoms with Gasteiger partial charge in [0, 0.05) is 4.90 Å². The zero-order chi connectivity index (χ0) is 20.6. The van der Waals surface area contributed by atoms with Gasteiger partial charge in [-0.1, -0.05) is 25.5 Å². The van der Waals surface area contributed by atoms with Gasteiger partial charge in [-0.05, 0) is 54.6 Å². The van der Waals surface area contributed by atoms with E-state index in [-0.39, 0.29) is 4.90 Å². The predicted molar refractivity (Wildman–Crippen MR) is 111 cm³/mol. The van der Waals surface area contributed by atoms with Crippen molar-refractivity contribution in [2.75, 3.05) is 19.5 Å². The molecule has 0 radical (unpaired) electrons. The summed E-state index contributed by atoms with van der Waals surface area (Å²) in [6.07, 6.45) is 2.71. The molecule has 0 fully saturated rings. The second kappa shape index (κ2) is 10.8. The quantitative estimate of drug-likeness (QED) is 0.378. The molecule has 154 valence electrons. The van der Waals surface area contributed by atoms with Crippen LogP contribution in [0.25, 0.3) is 0 Å². The number of thioether (sulfide) groups is 1. The average molecular weight is 426 g/mol. The van der Waals surface area contributed by atoms with Crippen molar-refractivity contribution < 1.29 is 23.4 Å². The predicted octanol–water partition coefficient (Wildman–Crippen LogP) is 2.96. The number of sulfonamides is 1. The third-order valence-electron chi connectivity index (χ3n) is 4.24. The van der Waals surface area contributed by atoms with Crippen LogP contribution in [0.1, 0.15) is 31.4 Å². The number of hydrogen-bond acceptors (Lipinski definition) is 6. The summed E-state index contributed by atoms with van der Waals surface area (Å²) in [6, 6.07) is 12.1. The molecule has 3 N–H and O–H groups in total. The van der Waals surface area contributed by atoms with Crippen LogP contribution in [0.3, 0.4) is 0 Å². The van der Waals surface area contributed by atoms with Crippen molar-refractivity contribution >= 4 is 21.8 Å². The molecule has 0 spiro atoms. The zero-order valence-corrected chi connectivity index (χ0v) is 17.7. The molecule has 0 saturated heterocycles. The van der Waals surface area contributed by atoms with E-state index in [4.69, 9.17) is 4.74 Å². The topological polar surface area (TPSA) is 95.9 Å². The molecule has 6 nitrogen and oxygen atoms in total. The fraction of sp³-hybridized carbons (Fsp3) is 0.400. The first kappa shape index (κ1) is 22.7. The Morgan fingerprint density at radius 3 is 2.29 bits per heavy atom. The molecule has 28 heavy (non-hydrogen) atoms. The molecule has 0 amide bonds. The van der Waals surface area contributed by atoms with Gasteiger partial charge in [0.2, 0.25) is 10.0 Å². The lowest BCUT2D eigenvalue weighted by molar-refractivity contribution is 0.101. The molecule has 0 saturated carbocycles. The fourth-order valence-electron chi connectivity index (χ4n) is 2.55. The van der Waals surface area contributed by atoms with E-state index in [1.54, 1.807) is 36.0 Å². The number of aliphatic hydroxyl groups excluding tert-OH is 2. The van der Waals surface area contributed by atoms with E-state index in [0.29, 0.717) is 17.9 Å². The van der Waals surface area contributed by atoms with Gasteiger partial charge in [0.25, 0.3) is 0 Å². The van der Waals surface area contributed by atoms with Gasteiger partial charge in [-0.25, -0.2) is 13.1 Å². The number of unbranched alkanes of at least 4 members (excludes halogenated alkanes) is 1. The smallest absolute Gasteiger partial charge is 0.241 e. The van der Waals surface area contributed by atoms with Crippen molar-refractivity contribution in [3.05, 3.63) is 54.1 Å². The van der Waals surface area contributed by atoms with Gasteiger partial charge < -0.3 is 14.9 Å². The van der Waals surface area contributed by atoms with E-state index in [2.05, 4.69) is 11.6 Å². The number of aliphatic hydroxyl groups is 2. The molecule has 2 atom stereocenters. The summed E-state index contributed by atoms with van der Waals surface area (Å²) in [6.45, 7) is 2.10. The Balaban J connectivity index is 2.09. The van der Waals surface area contributed by atoms with Crippen molar-refractivity contribution in [3.63, 3.8) is 0 Å². The lowest BCUT2D eigenvalue weighted by Gasteiger charge is -2.22. The van der Waals surface area contributed by atoms with Crippen molar-refractivity contribution in [3.8, 4) is 5.75 Å². The Hall–Kier alpha value is -1.58. The van der Waals surface area contributed by atoms with Gasteiger partial charge in [0.15, 0.2) is 0 Å². The Morgan fingerprint density at radius 2 is 1.75 bits per heavy atom. The summed E-state index contributed by atoms with van der Waals surface area (Å²) in [5.74, 6) is 0.597. The summed E-state index contributed by atoms with van der Waals surface area (Å²) in [5.41, 5.74) is 0.527. The molecule has 8 heteroatoms. The molecule has 2 rings (SSSR count). The van der Waals surface area contributed by atoms with Crippen LogP contribution in [-0.2, 0) is 10.0 Å². The normalized spacial score (nSPS) is 13.9. The number of hydrogen-bond donors (Lipinski definition) is 3. The molecule has 0 aliphatic heterocycles. The molecule has 0 aliphatic carbocycles. The van der Waals surface area contributed by atoms with Crippen LogP contribution < -0.4 is 9.46 Å². The summed E-state index contributed by atoms with van der Waals surface area (Å²) >= 11 is 1.57. The molecule has 0 aromatic heterocycles. The van der Waals surface area contributed by atoms with Gasteiger partial charge in [0.1, 0.15) is 5.75 Å². The van der Waals surface area contributed by atoms with Gasteiger partial charge >= 0.3 is 0 Å². The molecule has 2 unspecified atom stereocenters. The maximum atomic E-state index is 12.6. The SMILES string of the molecule is CCCCOc1ccc(S(=O)(=O)NC(CO)C(O)c2ccc(SC)cc2)cc1. The van der Waals surface area contributed by atoms with Crippen LogP contribution in [0.15, 0.2) is 58.3 Å². The van der Waals surface area contributed by atoms with Crippen LogP contribution in [0.5, 0.6) is 5.75 Å². The maximum absolute atomic E-state index is 12.6. The lowest BCUT2D eigenvalue weighted by atomic mass is 10.0. The minimum absolute atomic E-state index is 0.0405. The Morgan fingerprint density at radius 1 is 1.11 bits per heavy atom. The van der Waals surface area contributed by atoms with E-state index >= 15 is 0 Å². The first-order valence-corrected chi connectivity index (χ1v) is 11.8. The molecule has 0 heterocycles. The Bertz CT molecular complexity index is 823. The third-order valence-corrected chi connectivity index (χ3v) is 6.49. The van der Waals surface area contributed by atoms with Crippen LogP contribution >= 0.6 is 11.8 Å². The molecule has 0 bridgehead atoms. The van der Waals surface area contributed by atoms with Gasteiger partial charge in [-0.3, -0.25) is 0 Å². The monoisotopic (exact) mass is 425 g/mol. The minimum atomic E-state index is -3.91. The number of rotatable bonds is 11. The highest BCUT2D eigenvalue weighted by molar-refractivity contribution is 7.98. The van der Waals surface area contributed by atoms with Gasteiger partial charge in [0.05, 0.1) is 30.3 Å². The number of benzene rings is 2. The molecule has 0 aliphatic rings. The summed E-state index contributed by atoms with van der Waals surface area (Å²) in [4.78, 5) is 1.07. The number of ether oxygens (including phenoxy) is 1. The van der Waals surface area contributed by atoms with E-state index < -0.39 is 28.8 Å². The highest BCUT2D eigenvalue weighted by Gasteiger charge is 2.26. The van der Waals surface area contributed by atoms with Crippen LogP contribution in [0, 0.1) is 0 Å². The molecular weight excluding hydrogens is 398 g/mol. The second-order valence-corrected chi connectivity index (χ2v) is 8.90. The van der Waals surface area contributed by atoms with E-state index in [1.165, 1.54) is 12.1 Å². The largest absolute Gasteiger partial charge is 0.494 e. The van der Waals surface area contributed by atoms with Crippen molar-refractivity contribution in [1.29, 1.82) is 0 Å². The van der Waals surface area contributed by atoms with E-state index in [0.717, 1.165) is 17.7 Å². The van der Waals surface area contributed by atoms with Crippen LogP contribution in [-0.4, -0.2) is 44.1 Å². The molecule has 2 aromatic rings. The van der Waals surface area contributed by atoms with Crippen molar-refractivity contribution in [2.24, 2.45) is 0 Å². The third kappa shape index (κ3) is 6.22. The second-order valence-electron chi connectivity index (χ2n) is 6.30. The highest BCUT2D eigenvalue weighted by atomic mass is 32.2. The van der Waals surface area contributed by atoms with E-state index in [9.17, 15) is 18.6 Å². The van der Waals surface area contributed by atoms with Crippen LogP contribution in [0.2, 0.25) is 0 Å². The van der Waals surface area contributed by atoms with Crippen molar-refractivity contribution in [1.82, 2.24) is 4.72 Å². The number of nitrogens with one attached hydrogen (secondary N) is 1.